The average molecular weight is 682 g/mol. The van der Waals surface area contributed by atoms with Crippen molar-refractivity contribution >= 4 is 19.8 Å². The van der Waals surface area contributed by atoms with E-state index in [1.807, 2.05) is 21.1 Å². The lowest BCUT2D eigenvalue weighted by Gasteiger charge is -2.28. The second-order valence-electron chi connectivity index (χ2n) is 13.5. The number of phosphoric ester groups is 1. The minimum Gasteiger partial charge on any atom is -0.756 e. The Morgan fingerprint density at radius 2 is 1.02 bits per heavy atom. The predicted molar refractivity (Wildman–Crippen MR) is 185 cm³/mol. The molecule has 0 aromatic heterocycles. The van der Waals surface area contributed by atoms with Gasteiger partial charge >= 0.3 is 11.9 Å². The number of nitrogens with zero attached hydrogens (tertiary/aromatic N) is 1. The van der Waals surface area contributed by atoms with Crippen LogP contribution in [0.3, 0.4) is 0 Å². The largest absolute Gasteiger partial charge is 0.756 e. The topological polar surface area (TPSA) is 111 Å². The molecule has 1 unspecified atom stereocenters. The lowest BCUT2D eigenvalue weighted by Crippen LogP contribution is -2.37. The first-order valence-electron chi connectivity index (χ1n) is 20.0. The molecule has 274 valence electrons. The molecule has 0 aliphatic carbocycles. The smallest absolute Gasteiger partial charge is 0.306 e. The minimum atomic E-state index is -4.65. The van der Waals surface area contributed by atoms with Crippen molar-refractivity contribution in [3.63, 3.8) is 0 Å². The van der Waals surface area contributed by atoms with E-state index in [2.05, 4.69) is 0 Å². The van der Waals surface area contributed by atoms with Crippen molar-refractivity contribution < 1.29 is 47.5 Å². The summed E-state index contributed by atoms with van der Waals surface area (Å²) in [6.07, 6.45) is 16.3. The molecule has 0 heterocycles. The van der Waals surface area contributed by atoms with Crippen LogP contribution < -0.4 is 4.89 Å². The molecule has 0 rings (SSSR count). The summed E-state index contributed by atoms with van der Waals surface area (Å²) < 4.78 is 63.9. The molecule has 0 saturated carbocycles. The molecule has 0 aliphatic heterocycles. The molecule has 10 heteroatoms. The maximum Gasteiger partial charge on any atom is 0.306 e. The van der Waals surface area contributed by atoms with Gasteiger partial charge in [0.2, 0.25) is 0 Å². The number of ether oxygens (including phenoxy) is 2. The standard InChI is InChI=1S/C36H72NO8P/c1-6-8-10-12-14-16-18-20-22-24-26-28-35(38)42-32-34(33-44-46(40,41)43-31-30-37(3,4)5)45-36(39)29-27-25-23-21-19-17-15-13-11-9-7-2/h34H,6-33H2,1-5H3/t34-/m1/s1/i6D2,7D2. The quantitative estimate of drug-likeness (QED) is 0.0286. The van der Waals surface area contributed by atoms with Gasteiger partial charge in [-0.1, -0.05) is 142 Å². The van der Waals surface area contributed by atoms with Crippen LogP contribution in [-0.4, -0.2) is 70.0 Å². The first-order chi connectivity index (χ1) is 23.3. The van der Waals surface area contributed by atoms with E-state index < -0.39 is 45.2 Å². The number of rotatable bonds is 34. The Bertz CT molecular complexity index is 925. The maximum absolute atomic E-state index is 12.6. The van der Waals surface area contributed by atoms with Crippen molar-refractivity contribution in [2.45, 2.75) is 174 Å². The summed E-state index contributed by atoms with van der Waals surface area (Å²) in [5.41, 5.74) is 0. The highest BCUT2D eigenvalue weighted by molar-refractivity contribution is 7.45. The van der Waals surface area contributed by atoms with Gasteiger partial charge in [0.25, 0.3) is 7.82 Å². The van der Waals surface area contributed by atoms with Crippen LogP contribution in [0.1, 0.15) is 173 Å². The Balaban J connectivity index is 4.43. The zero-order chi connectivity index (χ0) is 37.9. The Hall–Kier alpha value is -0.990. The maximum atomic E-state index is 12.6. The molecule has 0 saturated heterocycles. The van der Waals surface area contributed by atoms with Crippen LogP contribution in [0.2, 0.25) is 0 Å². The third-order valence-electron chi connectivity index (χ3n) is 7.77. The molecule has 0 bridgehead atoms. The third kappa shape index (κ3) is 32.9. The summed E-state index contributed by atoms with van der Waals surface area (Å²) in [7, 11) is 1.08. The van der Waals surface area contributed by atoms with Crippen LogP contribution in [0.5, 0.6) is 0 Å². The number of unbranched alkanes of at least 4 members (excludes halogenated alkanes) is 16. The zero-order valence-corrected chi connectivity index (χ0v) is 31.0. The second kappa shape index (κ2) is 30.1. The molecule has 0 aliphatic rings. The summed E-state index contributed by atoms with van der Waals surface area (Å²) in [4.78, 5) is 37.3. The highest BCUT2D eigenvalue weighted by atomic mass is 31.2. The van der Waals surface area contributed by atoms with Gasteiger partial charge in [-0.3, -0.25) is 14.2 Å². The van der Waals surface area contributed by atoms with E-state index in [4.69, 9.17) is 24.0 Å². The van der Waals surface area contributed by atoms with E-state index in [-0.39, 0.29) is 26.1 Å². The molecular formula is C36H72NO8P. The SMILES string of the molecule is [2H]C([2H])(C)CCCCCCCCCCCC(=O)OC[C@H](COP(=O)([O-])OCC[N+](C)(C)C)OC(=O)CCCCCCCCCCCC([2H])([2H])C. The Morgan fingerprint density at radius 1 is 0.630 bits per heavy atom. The van der Waals surface area contributed by atoms with Crippen molar-refractivity contribution in [1.29, 1.82) is 0 Å². The molecule has 0 aromatic carbocycles. The molecule has 0 N–H and O–H groups in total. The number of carbonyl (C=O) groups excluding carboxylic acids is 2. The van der Waals surface area contributed by atoms with Crippen molar-refractivity contribution in [2.75, 3.05) is 47.5 Å². The van der Waals surface area contributed by atoms with Gasteiger partial charge in [0.05, 0.1) is 27.7 Å². The van der Waals surface area contributed by atoms with Crippen LogP contribution in [0.25, 0.3) is 0 Å². The van der Waals surface area contributed by atoms with E-state index in [9.17, 15) is 19.0 Å². The number of hydrogen-bond acceptors (Lipinski definition) is 8. The molecule has 0 spiro atoms. The first-order valence-corrected chi connectivity index (χ1v) is 19.5. The van der Waals surface area contributed by atoms with E-state index in [1.54, 1.807) is 13.8 Å². The normalized spacial score (nSPS) is 15.7. The average Bonchev–Trinajstić information content (AvgIpc) is 2.98. The van der Waals surface area contributed by atoms with Crippen LogP contribution in [0, 0.1) is 0 Å². The highest BCUT2D eigenvalue weighted by Crippen LogP contribution is 2.38. The van der Waals surface area contributed by atoms with Gasteiger partial charge < -0.3 is 27.9 Å². The number of hydrogen-bond donors (Lipinski definition) is 0. The van der Waals surface area contributed by atoms with Crippen LogP contribution >= 0.6 is 7.82 Å². The third-order valence-corrected chi connectivity index (χ3v) is 8.74. The summed E-state index contributed by atoms with van der Waals surface area (Å²) in [6, 6.07) is 0. The fourth-order valence-corrected chi connectivity index (χ4v) is 5.60. The van der Waals surface area contributed by atoms with E-state index in [1.165, 1.54) is 0 Å². The summed E-state index contributed by atoms with van der Waals surface area (Å²) >= 11 is 0. The highest BCUT2D eigenvalue weighted by Gasteiger charge is 2.21. The van der Waals surface area contributed by atoms with Gasteiger partial charge in [-0.25, -0.2) is 0 Å². The van der Waals surface area contributed by atoms with Crippen LogP contribution in [0.15, 0.2) is 0 Å². The Labute approximate surface area is 288 Å². The van der Waals surface area contributed by atoms with Crippen molar-refractivity contribution in [3.05, 3.63) is 0 Å². The van der Waals surface area contributed by atoms with Crippen molar-refractivity contribution in [1.82, 2.24) is 0 Å². The Kier molecular flexibility index (Phi) is 24.7. The molecule has 46 heavy (non-hydrogen) atoms. The molecule has 0 fully saturated rings. The van der Waals surface area contributed by atoms with Gasteiger partial charge in [-0.15, -0.1) is 0 Å². The summed E-state index contributed by atoms with van der Waals surface area (Å²) in [6.45, 7) is 2.84. The van der Waals surface area contributed by atoms with Gasteiger partial charge in [-0.2, -0.15) is 0 Å². The van der Waals surface area contributed by atoms with Crippen molar-refractivity contribution in [3.8, 4) is 0 Å². The number of likely N-dealkylation sites (N-methyl/N-ethyl adjacent to an activating group) is 1. The summed E-state index contributed by atoms with van der Waals surface area (Å²) in [5, 5.41) is 0. The zero-order valence-electron chi connectivity index (χ0n) is 34.1. The second-order valence-corrected chi connectivity index (χ2v) is 14.9. The fraction of sp³-hybridized carbons (Fsp3) is 0.944. The monoisotopic (exact) mass is 682 g/mol. The first kappa shape index (κ1) is 37.8. The Morgan fingerprint density at radius 3 is 1.43 bits per heavy atom. The minimum absolute atomic E-state index is 0.0554. The van der Waals surface area contributed by atoms with Gasteiger partial charge in [0.1, 0.15) is 19.8 Å². The molecule has 0 amide bonds. The van der Waals surface area contributed by atoms with Gasteiger partial charge in [0.15, 0.2) is 6.10 Å². The number of quaternary nitrogens is 1. The molecular weight excluding hydrogens is 605 g/mol. The van der Waals surface area contributed by atoms with E-state index in [0.29, 0.717) is 36.7 Å². The van der Waals surface area contributed by atoms with E-state index >= 15 is 0 Å². The number of phosphoric acid groups is 1. The number of esters is 2. The summed E-state index contributed by atoms with van der Waals surface area (Å²) in [5.74, 6) is -0.930. The molecule has 0 aromatic rings. The molecule has 2 atom stereocenters. The molecule has 9 nitrogen and oxygen atoms in total. The van der Waals surface area contributed by atoms with Crippen molar-refractivity contribution in [2.24, 2.45) is 0 Å². The van der Waals surface area contributed by atoms with E-state index in [0.717, 1.165) is 103 Å². The van der Waals surface area contributed by atoms with Crippen LogP contribution in [0.4, 0.5) is 0 Å². The lowest BCUT2D eigenvalue weighted by molar-refractivity contribution is -0.870. The van der Waals surface area contributed by atoms with Crippen LogP contribution in [-0.2, 0) is 32.7 Å². The van der Waals surface area contributed by atoms with Gasteiger partial charge in [0, 0.05) is 18.3 Å². The predicted octanol–water partition coefficient (Wildman–Crippen LogP) is 9.05. The molecule has 0 radical (unpaired) electrons. The lowest BCUT2D eigenvalue weighted by atomic mass is 10.1. The van der Waals surface area contributed by atoms with Gasteiger partial charge in [-0.05, 0) is 12.8 Å². The number of carbonyl (C=O) groups is 2. The fourth-order valence-electron chi connectivity index (χ4n) is 4.87.